The van der Waals surface area contributed by atoms with E-state index in [4.69, 9.17) is 4.74 Å². The minimum atomic E-state index is -0.0730. The molecule has 2 aliphatic rings. The SMILES string of the molecule is COc1nn(C)cc1C(=O)N(C)C1CN(c2cc3c(nn2)CCCC3)C1. The molecule has 0 unspecified atom stereocenters. The maximum atomic E-state index is 12.8. The summed E-state index contributed by atoms with van der Waals surface area (Å²) in [6.45, 7) is 1.52. The highest BCUT2D eigenvalue weighted by molar-refractivity contribution is 5.96. The van der Waals surface area contributed by atoms with Gasteiger partial charge in [0.2, 0.25) is 5.88 Å². The molecule has 3 heterocycles. The van der Waals surface area contributed by atoms with Gasteiger partial charge < -0.3 is 14.5 Å². The molecular formula is C18H24N6O2. The van der Waals surface area contributed by atoms with E-state index in [1.54, 1.807) is 22.8 Å². The number of carbonyl (C=O) groups is 1. The van der Waals surface area contributed by atoms with Gasteiger partial charge in [0.15, 0.2) is 5.82 Å². The fourth-order valence-electron chi connectivity index (χ4n) is 3.64. The number of ether oxygens (including phenoxy) is 1. The van der Waals surface area contributed by atoms with Crippen LogP contribution in [0.4, 0.5) is 5.82 Å². The van der Waals surface area contributed by atoms with Crippen molar-refractivity contribution in [2.24, 2.45) is 7.05 Å². The van der Waals surface area contributed by atoms with Gasteiger partial charge in [-0.1, -0.05) is 0 Å². The number of fused-ring (bicyclic) bond motifs is 1. The molecule has 0 saturated carbocycles. The summed E-state index contributed by atoms with van der Waals surface area (Å²) in [4.78, 5) is 16.7. The molecule has 0 aromatic carbocycles. The standard InChI is InChI=1S/C18H24N6O2/c1-22-11-14(17(21-22)26-3)18(25)23(2)13-9-24(10-13)16-8-12-6-4-5-7-15(12)19-20-16/h8,11,13H,4-7,9-10H2,1-3H3. The maximum Gasteiger partial charge on any atom is 0.261 e. The van der Waals surface area contributed by atoms with Gasteiger partial charge in [-0.05, 0) is 37.3 Å². The molecule has 0 bridgehead atoms. The Morgan fingerprint density at radius 2 is 2.04 bits per heavy atom. The molecule has 1 aliphatic carbocycles. The minimum absolute atomic E-state index is 0.0730. The largest absolute Gasteiger partial charge is 0.479 e. The van der Waals surface area contributed by atoms with E-state index in [1.807, 2.05) is 7.05 Å². The van der Waals surface area contributed by atoms with Crippen LogP contribution >= 0.6 is 0 Å². The van der Waals surface area contributed by atoms with Crippen molar-refractivity contribution in [3.05, 3.63) is 29.1 Å². The van der Waals surface area contributed by atoms with Gasteiger partial charge >= 0.3 is 0 Å². The van der Waals surface area contributed by atoms with Crippen LogP contribution in [-0.2, 0) is 19.9 Å². The minimum Gasteiger partial charge on any atom is -0.479 e. The van der Waals surface area contributed by atoms with Gasteiger partial charge in [0.25, 0.3) is 5.91 Å². The molecule has 26 heavy (non-hydrogen) atoms. The first-order chi connectivity index (χ1) is 12.6. The fraction of sp³-hybridized carbons (Fsp3) is 0.556. The molecule has 0 N–H and O–H groups in total. The van der Waals surface area contributed by atoms with Crippen LogP contribution in [0.1, 0.15) is 34.5 Å². The first kappa shape index (κ1) is 16.8. The van der Waals surface area contributed by atoms with E-state index in [0.29, 0.717) is 11.4 Å². The zero-order valence-corrected chi connectivity index (χ0v) is 15.5. The van der Waals surface area contributed by atoms with E-state index >= 15 is 0 Å². The molecule has 0 radical (unpaired) electrons. The highest BCUT2D eigenvalue weighted by Gasteiger charge is 2.35. The summed E-state index contributed by atoms with van der Waals surface area (Å²) in [5, 5.41) is 12.9. The van der Waals surface area contributed by atoms with Gasteiger partial charge in [0.1, 0.15) is 5.56 Å². The molecule has 1 amide bonds. The van der Waals surface area contributed by atoms with Gasteiger partial charge in [0, 0.05) is 33.4 Å². The first-order valence-corrected chi connectivity index (χ1v) is 9.02. The number of anilines is 1. The lowest BCUT2D eigenvalue weighted by atomic mass is 9.96. The van der Waals surface area contributed by atoms with Crippen LogP contribution in [0, 0.1) is 0 Å². The van der Waals surface area contributed by atoms with Crippen LogP contribution in [0.15, 0.2) is 12.3 Å². The van der Waals surface area contributed by atoms with Gasteiger partial charge in [-0.3, -0.25) is 9.48 Å². The predicted molar refractivity (Wildman–Crippen MR) is 96.5 cm³/mol. The number of likely N-dealkylation sites (N-methyl/N-ethyl adjacent to an activating group) is 1. The summed E-state index contributed by atoms with van der Waals surface area (Å²) >= 11 is 0. The number of nitrogens with zero attached hydrogens (tertiary/aromatic N) is 6. The van der Waals surface area contributed by atoms with Crippen LogP contribution < -0.4 is 9.64 Å². The Balaban J connectivity index is 1.42. The highest BCUT2D eigenvalue weighted by Crippen LogP contribution is 2.27. The smallest absolute Gasteiger partial charge is 0.261 e. The Labute approximate surface area is 152 Å². The van der Waals surface area contributed by atoms with E-state index in [2.05, 4.69) is 26.3 Å². The number of methoxy groups -OCH3 is 1. The summed E-state index contributed by atoms with van der Waals surface area (Å²) in [6.07, 6.45) is 6.26. The molecule has 2 aromatic rings. The molecule has 2 aromatic heterocycles. The second kappa shape index (κ2) is 6.59. The van der Waals surface area contributed by atoms with Gasteiger partial charge in [-0.15, -0.1) is 10.2 Å². The Bertz CT molecular complexity index is 827. The average Bonchev–Trinajstić information content (AvgIpc) is 3.00. The monoisotopic (exact) mass is 356 g/mol. The van der Waals surface area contributed by atoms with E-state index in [-0.39, 0.29) is 11.9 Å². The number of carbonyl (C=O) groups excluding carboxylic acids is 1. The molecule has 4 rings (SSSR count). The Kier molecular flexibility index (Phi) is 4.26. The third-order valence-electron chi connectivity index (χ3n) is 5.33. The lowest BCUT2D eigenvalue weighted by molar-refractivity contribution is 0.0701. The molecule has 1 fully saturated rings. The summed E-state index contributed by atoms with van der Waals surface area (Å²) in [7, 11) is 5.13. The molecule has 1 aliphatic heterocycles. The number of hydrogen-bond donors (Lipinski definition) is 0. The fourth-order valence-corrected chi connectivity index (χ4v) is 3.64. The van der Waals surface area contributed by atoms with Crippen molar-refractivity contribution in [2.75, 3.05) is 32.1 Å². The molecule has 1 saturated heterocycles. The van der Waals surface area contributed by atoms with Crippen LogP contribution in [0.2, 0.25) is 0 Å². The zero-order valence-electron chi connectivity index (χ0n) is 15.5. The number of rotatable bonds is 4. The van der Waals surface area contributed by atoms with Crippen molar-refractivity contribution in [1.29, 1.82) is 0 Å². The number of amides is 1. The average molecular weight is 356 g/mol. The van der Waals surface area contributed by atoms with Crippen molar-refractivity contribution in [2.45, 2.75) is 31.7 Å². The van der Waals surface area contributed by atoms with E-state index < -0.39 is 0 Å². The molecule has 0 spiro atoms. The van der Waals surface area contributed by atoms with E-state index in [9.17, 15) is 4.79 Å². The summed E-state index contributed by atoms with van der Waals surface area (Å²) in [5.41, 5.74) is 2.96. The summed E-state index contributed by atoms with van der Waals surface area (Å²) in [6, 6.07) is 2.31. The lowest BCUT2D eigenvalue weighted by Gasteiger charge is -2.44. The summed E-state index contributed by atoms with van der Waals surface area (Å²) < 4.78 is 6.80. The second-order valence-corrected chi connectivity index (χ2v) is 7.08. The normalized spacial score (nSPS) is 16.8. The summed E-state index contributed by atoms with van der Waals surface area (Å²) in [5.74, 6) is 1.21. The van der Waals surface area contributed by atoms with Gasteiger partial charge in [-0.2, -0.15) is 5.10 Å². The van der Waals surface area contributed by atoms with Gasteiger partial charge in [0.05, 0.1) is 18.8 Å². The second-order valence-electron chi connectivity index (χ2n) is 7.08. The van der Waals surface area contributed by atoms with E-state index in [0.717, 1.165) is 37.4 Å². The number of aromatic nitrogens is 4. The van der Waals surface area contributed by atoms with Crippen molar-refractivity contribution in [1.82, 2.24) is 24.9 Å². The lowest BCUT2D eigenvalue weighted by Crippen LogP contribution is -2.60. The van der Waals surface area contributed by atoms with Crippen molar-refractivity contribution in [3.63, 3.8) is 0 Å². The van der Waals surface area contributed by atoms with Crippen molar-refractivity contribution in [3.8, 4) is 5.88 Å². The number of hydrogen-bond acceptors (Lipinski definition) is 6. The molecule has 8 nitrogen and oxygen atoms in total. The Morgan fingerprint density at radius 3 is 2.81 bits per heavy atom. The Hall–Kier alpha value is -2.64. The third-order valence-corrected chi connectivity index (χ3v) is 5.33. The molecule has 138 valence electrons. The van der Waals surface area contributed by atoms with Crippen LogP contribution in [0.5, 0.6) is 5.88 Å². The Morgan fingerprint density at radius 1 is 1.27 bits per heavy atom. The zero-order chi connectivity index (χ0) is 18.3. The molecule has 0 atom stereocenters. The molecule has 8 heteroatoms. The molecular weight excluding hydrogens is 332 g/mol. The van der Waals surface area contributed by atoms with Crippen molar-refractivity contribution >= 4 is 11.7 Å². The first-order valence-electron chi connectivity index (χ1n) is 9.02. The quantitative estimate of drug-likeness (QED) is 0.815. The van der Waals surface area contributed by atoms with Gasteiger partial charge in [-0.25, -0.2) is 0 Å². The predicted octanol–water partition coefficient (Wildman–Crippen LogP) is 1.06. The highest BCUT2D eigenvalue weighted by atomic mass is 16.5. The topological polar surface area (TPSA) is 76.4 Å². The number of aryl methyl sites for hydroxylation is 3. The maximum absolute atomic E-state index is 12.8. The van der Waals surface area contributed by atoms with Crippen LogP contribution in [-0.4, -0.2) is 64.1 Å². The van der Waals surface area contributed by atoms with Crippen molar-refractivity contribution < 1.29 is 9.53 Å². The van der Waals surface area contributed by atoms with Crippen LogP contribution in [0.25, 0.3) is 0 Å². The van der Waals surface area contributed by atoms with Crippen LogP contribution in [0.3, 0.4) is 0 Å². The third kappa shape index (κ3) is 2.89. The van der Waals surface area contributed by atoms with E-state index in [1.165, 1.54) is 25.5 Å².